The Kier molecular flexibility index (Phi) is 4.34. The minimum absolute atomic E-state index is 0.335. The van der Waals surface area contributed by atoms with Crippen LogP contribution in [0.2, 0.25) is 0 Å². The molecule has 0 amide bonds. The second-order valence-electron chi connectivity index (χ2n) is 4.81. The van der Waals surface area contributed by atoms with Gasteiger partial charge >= 0.3 is 5.97 Å². The van der Waals surface area contributed by atoms with Gasteiger partial charge in [-0.1, -0.05) is 23.9 Å². The summed E-state index contributed by atoms with van der Waals surface area (Å²) in [5.74, 6) is 1.22. The summed E-state index contributed by atoms with van der Waals surface area (Å²) in [6, 6.07) is 11.0. The number of fused-ring (bicyclic) bond motifs is 1. The van der Waals surface area contributed by atoms with Crippen molar-refractivity contribution in [1.82, 2.24) is 0 Å². The number of esters is 1. The predicted molar refractivity (Wildman–Crippen MR) is 86.6 cm³/mol. The average molecular weight is 332 g/mol. The Bertz CT molecular complexity index is 719. The molecule has 1 aliphatic heterocycles. The first kappa shape index (κ1) is 15.6. The highest BCUT2D eigenvalue weighted by Crippen LogP contribution is 2.47. The van der Waals surface area contributed by atoms with E-state index in [1.165, 1.54) is 11.8 Å². The number of hydrogen-bond donors (Lipinski definition) is 0. The van der Waals surface area contributed by atoms with Gasteiger partial charge in [-0.3, -0.25) is 0 Å². The highest BCUT2D eigenvalue weighted by Gasteiger charge is 2.29. The number of ether oxygens (including phenoxy) is 4. The average Bonchev–Trinajstić information content (AvgIpc) is 2.60. The molecule has 1 aliphatic rings. The summed E-state index contributed by atoms with van der Waals surface area (Å²) < 4.78 is 21.6. The zero-order chi connectivity index (χ0) is 16.4. The molecule has 0 saturated heterocycles. The third-order valence-electron chi connectivity index (χ3n) is 3.51. The monoisotopic (exact) mass is 332 g/mol. The fraction of sp³-hybridized carbons (Fsp3) is 0.235. The van der Waals surface area contributed by atoms with Crippen LogP contribution in [-0.4, -0.2) is 27.3 Å². The Morgan fingerprint density at radius 2 is 1.65 bits per heavy atom. The molecule has 0 radical (unpaired) electrons. The maximum absolute atomic E-state index is 12.2. The molecule has 120 valence electrons. The van der Waals surface area contributed by atoms with Gasteiger partial charge in [0.1, 0.15) is 0 Å². The standard InChI is InChI=1S/C17H16O5S/c1-19-12-8-10(9-13(20-2)15(12)21-3)17-22-16(18)11-6-4-5-7-14(11)23-17/h4-9,17H,1-3H3/t17-/m1/s1. The van der Waals surface area contributed by atoms with E-state index in [-0.39, 0.29) is 5.97 Å². The molecule has 23 heavy (non-hydrogen) atoms. The van der Waals surface area contributed by atoms with Gasteiger partial charge in [-0.25, -0.2) is 4.79 Å². The molecule has 2 aromatic rings. The molecule has 1 atom stereocenters. The lowest BCUT2D eigenvalue weighted by Gasteiger charge is -2.25. The van der Waals surface area contributed by atoms with Crippen LogP contribution in [0.1, 0.15) is 21.4 Å². The fourth-order valence-electron chi connectivity index (χ4n) is 2.41. The Morgan fingerprint density at radius 3 is 2.26 bits per heavy atom. The fourth-order valence-corrected chi connectivity index (χ4v) is 3.49. The van der Waals surface area contributed by atoms with Gasteiger partial charge in [0.15, 0.2) is 16.9 Å². The van der Waals surface area contributed by atoms with Crippen molar-refractivity contribution in [3.63, 3.8) is 0 Å². The van der Waals surface area contributed by atoms with Crippen LogP contribution in [0.15, 0.2) is 41.3 Å². The van der Waals surface area contributed by atoms with Gasteiger partial charge in [0, 0.05) is 10.5 Å². The van der Waals surface area contributed by atoms with Crippen LogP contribution in [0.4, 0.5) is 0 Å². The summed E-state index contributed by atoms with van der Waals surface area (Å²) in [6.45, 7) is 0. The molecule has 5 nitrogen and oxygen atoms in total. The van der Waals surface area contributed by atoms with E-state index in [1.807, 2.05) is 18.2 Å². The van der Waals surface area contributed by atoms with Crippen LogP contribution in [0.5, 0.6) is 17.2 Å². The van der Waals surface area contributed by atoms with Crippen LogP contribution in [0, 0.1) is 0 Å². The third kappa shape index (κ3) is 2.82. The predicted octanol–water partition coefficient (Wildman–Crippen LogP) is 3.67. The quantitative estimate of drug-likeness (QED) is 0.796. The molecule has 6 heteroatoms. The summed E-state index contributed by atoms with van der Waals surface area (Å²) in [4.78, 5) is 13.1. The first-order valence-corrected chi connectivity index (χ1v) is 7.82. The summed E-state index contributed by atoms with van der Waals surface area (Å²) in [5, 5.41) is 0. The normalized spacial score (nSPS) is 16.3. The zero-order valence-corrected chi connectivity index (χ0v) is 13.8. The van der Waals surface area contributed by atoms with E-state index in [0.717, 1.165) is 10.5 Å². The number of hydrogen-bond acceptors (Lipinski definition) is 6. The molecule has 0 fully saturated rings. The number of carbonyl (C=O) groups excluding carboxylic acids is 1. The van der Waals surface area contributed by atoms with Gasteiger partial charge in [-0.15, -0.1) is 0 Å². The molecule has 0 aliphatic carbocycles. The molecule has 0 N–H and O–H groups in total. The van der Waals surface area contributed by atoms with E-state index in [0.29, 0.717) is 22.8 Å². The van der Waals surface area contributed by atoms with Crippen molar-refractivity contribution in [1.29, 1.82) is 0 Å². The summed E-state index contributed by atoms with van der Waals surface area (Å²) >= 11 is 1.47. The van der Waals surface area contributed by atoms with Gasteiger partial charge in [-0.2, -0.15) is 0 Å². The number of methoxy groups -OCH3 is 3. The van der Waals surface area contributed by atoms with Crippen molar-refractivity contribution in [2.75, 3.05) is 21.3 Å². The number of rotatable bonds is 4. The molecule has 0 unspecified atom stereocenters. The topological polar surface area (TPSA) is 54.0 Å². The summed E-state index contributed by atoms with van der Waals surface area (Å²) in [5.41, 5.74) is 0.889. The third-order valence-corrected chi connectivity index (χ3v) is 4.71. The van der Waals surface area contributed by atoms with E-state index in [9.17, 15) is 4.79 Å². The lowest BCUT2D eigenvalue weighted by Crippen LogP contribution is -2.15. The number of benzene rings is 2. The zero-order valence-electron chi connectivity index (χ0n) is 13.0. The Balaban J connectivity index is 2.01. The highest BCUT2D eigenvalue weighted by atomic mass is 32.2. The lowest BCUT2D eigenvalue weighted by atomic mass is 10.1. The van der Waals surface area contributed by atoms with Crippen LogP contribution in [-0.2, 0) is 4.74 Å². The van der Waals surface area contributed by atoms with Gasteiger partial charge in [0.2, 0.25) is 5.75 Å². The number of carbonyl (C=O) groups is 1. The van der Waals surface area contributed by atoms with Crippen molar-refractivity contribution in [3.05, 3.63) is 47.5 Å². The summed E-state index contributed by atoms with van der Waals surface area (Å²) in [6.07, 6.45) is 0. The highest BCUT2D eigenvalue weighted by molar-refractivity contribution is 7.99. The minimum atomic E-state index is -0.467. The van der Waals surface area contributed by atoms with Crippen LogP contribution < -0.4 is 14.2 Å². The number of cyclic esters (lactones) is 1. The van der Waals surface area contributed by atoms with E-state index >= 15 is 0 Å². The Labute approximate surface area is 138 Å². The van der Waals surface area contributed by atoms with Crippen molar-refractivity contribution in [2.24, 2.45) is 0 Å². The Hall–Kier alpha value is -2.34. The van der Waals surface area contributed by atoms with Crippen molar-refractivity contribution >= 4 is 17.7 Å². The molecule has 3 rings (SSSR count). The number of thioether (sulfide) groups is 1. The van der Waals surface area contributed by atoms with Crippen LogP contribution in [0.3, 0.4) is 0 Å². The molecule has 0 bridgehead atoms. The van der Waals surface area contributed by atoms with Gasteiger partial charge in [-0.05, 0) is 24.3 Å². The van der Waals surface area contributed by atoms with Gasteiger partial charge < -0.3 is 18.9 Å². The van der Waals surface area contributed by atoms with Gasteiger partial charge in [0.25, 0.3) is 0 Å². The SMILES string of the molecule is COc1cc([C@@H]2OC(=O)c3ccccc3S2)cc(OC)c1OC. The Morgan fingerprint density at radius 1 is 1.00 bits per heavy atom. The van der Waals surface area contributed by atoms with E-state index in [1.54, 1.807) is 39.5 Å². The van der Waals surface area contributed by atoms with Crippen LogP contribution in [0.25, 0.3) is 0 Å². The molecular formula is C17H16O5S. The molecule has 1 heterocycles. The maximum atomic E-state index is 12.2. The molecule has 0 aromatic heterocycles. The van der Waals surface area contributed by atoms with E-state index < -0.39 is 5.44 Å². The largest absolute Gasteiger partial charge is 0.493 e. The second kappa shape index (κ2) is 6.42. The van der Waals surface area contributed by atoms with Crippen LogP contribution >= 0.6 is 11.8 Å². The maximum Gasteiger partial charge on any atom is 0.340 e. The van der Waals surface area contributed by atoms with E-state index in [2.05, 4.69) is 0 Å². The van der Waals surface area contributed by atoms with Crippen molar-refractivity contribution in [3.8, 4) is 17.2 Å². The molecule has 2 aromatic carbocycles. The molecule has 0 saturated carbocycles. The van der Waals surface area contributed by atoms with Gasteiger partial charge in [0.05, 0.1) is 26.9 Å². The lowest BCUT2D eigenvalue weighted by molar-refractivity contribution is 0.0439. The first-order valence-electron chi connectivity index (χ1n) is 6.94. The minimum Gasteiger partial charge on any atom is -0.493 e. The molecular weight excluding hydrogens is 316 g/mol. The smallest absolute Gasteiger partial charge is 0.340 e. The molecule has 0 spiro atoms. The second-order valence-corrected chi connectivity index (χ2v) is 5.91. The van der Waals surface area contributed by atoms with Crippen molar-refractivity contribution < 1.29 is 23.7 Å². The van der Waals surface area contributed by atoms with Crippen molar-refractivity contribution in [2.45, 2.75) is 10.3 Å². The van der Waals surface area contributed by atoms with E-state index in [4.69, 9.17) is 18.9 Å². The summed E-state index contributed by atoms with van der Waals surface area (Å²) in [7, 11) is 4.65. The first-order chi connectivity index (χ1) is 11.2.